The molecule has 2 amide bonds. The van der Waals surface area contributed by atoms with Crippen molar-refractivity contribution in [2.75, 3.05) is 18.5 Å². The molecule has 0 saturated carbocycles. The third-order valence-electron chi connectivity index (χ3n) is 6.72. The first-order valence-corrected chi connectivity index (χ1v) is 11.1. The van der Waals surface area contributed by atoms with E-state index in [4.69, 9.17) is 5.11 Å². The number of aryl methyl sites for hydroxylation is 1. The molecule has 2 N–H and O–H groups in total. The molecule has 1 aromatic heterocycles. The first kappa shape index (κ1) is 21.1. The van der Waals surface area contributed by atoms with E-state index in [0.29, 0.717) is 18.7 Å². The third kappa shape index (κ3) is 3.33. The number of nitrogens with zero attached hydrogens (tertiary/aromatic N) is 3. The summed E-state index contributed by atoms with van der Waals surface area (Å²) in [6.45, 7) is 2.47. The normalized spacial score (nSPS) is 17.9. The van der Waals surface area contributed by atoms with Crippen molar-refractivity contribution in [2.45, 2.75) is 38.5 Å². The SMILES string of the molecule is C[C@H](NC(=O)CCn1c2c(c3ccccc31)CCN1C(=O)c3ccccc3N(C)[C@@H]21)C(=O)O. The van der Waals surface area contributed by atoms with E-state index in [0.717, 1.165) is 28.7 Å². The van der Waals surface area contributed by atoms with Gasteiger partial charge in [0.2, 0.25) is 5.91 Å². The largest absolute Gasteiger partial charge is 0.480 e. The van der Waals surface area contributed by atoms with Crippen LogP contribution in [0.3, 0.4) is 0 Å². The Balaban J connectivity index is 1.57. The number of nitrogens with one attached hydrogen (secondary N) is 1. The molecule has 2 aliphatic rings. The molecule has 0 bridgehead atoms. The average Bonchev–Trinajstić information content (AvgIpc) is 3.14. The summed E-state index contributed by atoms with van der Waals surface area (Å²) in [5, 5.41) is 12.7. The Morgan fingerprint density at radius 2 is 1.88 bits per heavy atom. The second kappa shape index (κ2) is 7.95. The molecule has 33 heavy (non-hydrogen) atoms. The lowest BCUT2D eigenvalue weighted by Gasteiger charge is -2.46. The molecule has 2 aliphatic heterocycles. The predicted octanol–water partition coefficient (Wildman–Crippen LogP) is 2.77. The van der Waals surface area contributed by atoms with Crippen LogP contribution < -0.4 is 10.2 Å². The zero-order chi connectivity index (χ0) is 23.3. The number of aromatic nitrogens is 1. The number of amides is 2. The summed E-state index contributed by atoms with van der Waals surface area (Å²) < 4.78 is 2.13. The molecule has 0 radical (unpaired) electrons. The van der Waals surface area contributed by atoms with E-state index in [9.17, 15) is 14.4 Å². The molecule has 0 saturated heterocycles. The van der Waals surface area contributed by atoms with Gasteiger partial charge >= 0.3 is 5.97 Å². The van der Waals surface area contributed by atoms with Crippen LogP contribution in [-0.4, -0.2) is 52.0 Å². The molecule has 2 atom stereocenters. The van der Waals surface area contributed by atoms with Crippen molar-refractivity contribution in [2.24, 2.45) is 0 Å². The van der Waals surface area contributed by atoms with E-state index in [1.165, 1.54) is 12.5 Å². The summed E-state index contributed by atoms with van der Waals surface area (Å²) in [5.41, 5.74) is 4.83. The smallest absolute Gasteiger partial charge is 0.325 e. The number of benzene rings is 2. The van der Waals surface area contributed by atoms with Crippen LogP contribution in [-0.2, 0) is 22.6 Å². The van der Waals surface area contributed by atoms with Gasteiger partial charge in [0.15, 0.2) is 0 Å². The topological polar surface area (TPSA) is 94.9 Å². The Morgan fingerprint density at radius 1 is 1.15 bits per heavy atom. The van der Waals surface area contributed by atoms with Gasteiger partial charge in [-0.15, -0.1) is 0 Å². The Morgan fingerprint density at radius 3 is 2.67 bits per heavy atom. The van der Waals surface area contributed by atoms with Crippen LogP contribution in [0.1, 0.15) is 41.1 Å². The van der Waals surface area contributed by atoms with E-state index < -0.39 is 12.0 Å². The lowest BCUT2D eigenvalue weighted by Crippen LogP contribution is -2.51. The van der Waals surface area contributed by atoms with Gasteiger partial charge < -0.3 is 24.8 Å². The third-order valence-corrected chi connectivity index (χ3v) is 6.72. The summed E-state index contributed by atoms with van der Waals surface area (Å²) >= 11 is 0. The zero-order valence-electron chi connectivity index (χ0n) is 18.6. The van der Waals surface area contributed by atoms with Gasteiger partial charge in [-0.05, 0) is 37.1 Å². The Bertz CT molecular complexity index is 1280. The molecule has 0 spiro atoms. The Kier molecular flexibility index (Phi) is 5.08. The molecule has 0 aliphatic carbocycles. The maximum Gasteiger partial charge on any atom is 0.325 e. The summed E-state index contributed by atoms with van der Waals surface area (Å²) in [7, 11) is 2.00. The molecule has 2 aromatic carbocycles. The number of rotatable bonds is 5. The summed E-state index contributed by atoms with van der Waals surface area (Å²) in [6.07, 6.45) is 0.608. The second-order valence-electron chi connectivity index (χ2n) is 8.66. The van der Waals surface area contributed by atoms with Crippen LogP contribution in [0.25, 0.3) is 10.9 Å². The number of anilines is 1. The van der Waals surface area contributed by atoms with Crippen molar-refractivity contribution in [1.82, 2.24) is 14.8 Å². The van der Waals surface area contributed by atoms with Gasteiger partial charge in [-0.2, -0.15) is 0 Å². The standard InChI is InChI=1S/C25H26N4O4/c1-15(25(32)33)26-21(30)12-14-28-20-10-6-3-7-16(20)17-11-13-29-23(22(17)28)27(2)19-9-5-4-8-18(19)24(29)31/h3-10,15,23H,11-14H2,1-2H3,(H,26,30)(H,32,33)/t15-,23+/m0/s1. The number of hydrogen-bond donors (Lipinski definition) is 2. The lowest BCUT2D eigenvalue weighted by molar-refractivity contribution is -0.141. The first-order valence-electron chi connectivity index (χ1n) is 11.1. The molecule has 8 heteroatoms. The van der Waals surface area contributed by atoms with Crippen LogP contribution in [0.5, 0.6) is 0 Å². The van der Waals surface area contributed by atoms with E-state index in [-0.39, 0.29) is 24.4 Å². The van der Waals surface area contributed by atoms with Gasteiger partial charge in [0, 0.05) is 37.5 Å². The van der Waals surface area contributed by atoms with E-state index in [1.54, 1.807) is 0 Å². The molecule has 5 rings (SSSR count). The number of hydrogen-bond acceptors (Lipinski definition) is 4. The van der Waals surface area contributed by atoms with Crippen molar-refractivity contribution >= 4 is 34.4 Å². The van der Waals surface area contributed by atoms with E-state index >= 15 is 0 Å². The van der Waals surface area contributed by atoms with Crippen molar-refractivity contribution in [3.63, 3.8) is 0 Å². The van der Waals surface area contributed by atoms with Crippen LogP contribution in [0, 0.1) is 0 Å². The van der Waals surface area contributed by atoms with Crippen LogP contribution in [0.4, 0.5) is 5.69 Å². The maximum atomic E-state index is 13.4. The number of para-hydroxylation sites is 2. The van der Waals surface area contributed by atoms with Crippen LogP contribution in [0.2, 0.25) is 0 Å². The molecule has 3 heterocycles. The quantitative estimate of drug-likeness (QED) is 0.629. The van der Waals surface area contributed by atoms with E-state index in [2.05, 4.69) is 20.9 Å². The Hall–Kier alpha value is -3.81. The molecule has 3 aromatic rings. The molecular weight excluding hydrogens is 420 g/mol. The maximum absolute atomic E-state index is 13.4. The monoisotopic (exact) mass is 446 g/mol. The summed E-state index contributed by atoms with van der Waals surface area (Å²) in [6, 6.07) is 14.8. The summed E-state index contributed by atoms with van der Waals surface area (Å²) in [5.74, 6) is -1.37. The fourth-order valence-electron chi connectivity index (χ4n) is 5.14. The van der Waals surface area contributed by atoms with Gasteiger partial charge in [-0.1, -0.05) is 30.3 Å². The molecular formula is C25H26N4O4. The highest BCUT2D eigenvalue weighted by atomic mass is 16.4. The highest BCUT2D eigenvalue weighted by Crippen LogP contribution is 2.44. The number of carbonyl (C=O) groups is 3. The van der Waals surface area contributed by atoms with Crippen molar-refractivity contribution < 1.29 is 19.5 Å². The van der Waals surface area contributed by atoms with Crippen molar-refractivity contribution in [3.8, 4) is 0 Å². The van der Waals surface area contributed by atoms with Gasteiger partial charge in [0.05, 0.1) is 16.9 Å². The van der Waals surface area contributed by atoms with Gasteiger partial charge in [-0.25, -0.2) is 0 Å². The van der Waals surface area contributed by atoms with Crippen LogP contribution >= 0.6 is 0 Å². The molecule has 0 unspecified atom stereocenters. The lowest BCUT2D eigenvalue weighted by atomic mass is 9.96. The van der Waals surface area contributed by atoms with E-state index in [1.807, 2.05) is 54.4 Å². The number of aliphatic carboxylic acids is 1. The first-order chi connectivity index (χ1) is 15.9. The Labute approximate surface area is 191 Å². The average molecular weight is 447 g/mol. The zero-order valence-corrected chi connectivity index (χ0v) is 18.6. The fraction of sp³-hybridized carbons (Fsp3) is 0.320. The predicted molar refractivity (Wildman–Crippen MR) is 124 cm³/mol. The second-order valence-corrected chi connectivity index (χ2v) is 8.66. The fourth-order valence-corrected chi connectivity index (χ4v) is 5.14. The number of carboxylic acid groups (broad SMARTS) is 1. The number of carbonyl (C=O) groups excluding carboxylic acids is 2. The highest BCUT2D eigenvalue weighted by molar-refractivity contribution is 6.02. The van der Waals surface area contributed by atoms with Crippen molar-refractivity contribution in [3.05, 3.63) is 65.4 Å². The van der Waals surface area contributed by atoms with Gasteiger partial charge in [0.1, 0.15) is 12.2 Å². The van der Waals surface area contributed by atoms with Gasteiger partial charge in [-0.3, -0.25) is 14.4 Å². The van der Waals surface area contributed by atoms with Crippen molar-refractivity contribution in [1.29, 1.82) is 0 Å². The summed E-state index contributed by atoms with van der Waals surface area (Å²) in [4.78, 5) is 41.0. The minimum atomic E-state index is -1.07. The highest BCUT2D eigenvalue weighted by Gasteiger charge is 2.42. The molecule has 170 valence electrons. The van der Waals surface area contributed by atoms with Gasteiger partial charge in [0.25, 0.3) is 5.91 Å². The molecule has 0 fully saturated rings. The molecule has 8 nitrogen and oxygen atoms in total. The van der Waals surface area contributed by atoms with Crippen LogP contribution in [0.15, 0.2) is 48.5 Å². The minimum absolute atomic E-state index is 0.0178. The minimum Gasteiger partial charge on any atom is -0.480 e. The number of fused-ring (bicyclic) bond motifs is 6. The number of carboxylic acids is 1.